The summed E-state index contributed by atoms with van der Waals surface area (Å²) in [6, 6.07) is 9.68. The molecule has 0 aliphatic rings. The fourth-order valence-electron chi connectivity index (χ4n) is 2.66. The van der Waals surface area contributed by atoms with Crippen molar-refractivity contribution in [3.8, 4) is 10.4 Å². The lowest BCUT2D eigenvalue weighted by molar-refractivity contribution is 0.600. The number of aromatic nitrogens is 2. The van der Waals surface area contributed by atoms with Gasteiger partial charge in [-0.3, -0.25) is 14.3 Å². The normalized spacial score (nSPS) is 11.6. The quantitative estimate of drug-likeness (QED) is 0.474. The van der Waals surface area contributed by atoms with Gasteiger partial charge in [0.1, 0.15) is 10.0 Å². The molecule has 28 heavy (non-hydrogen) atoms. The number of rotatable bonds is 4. The molecule has 0 fully saturated rings. The average molecular weight is 417 g/mol. The molecule has 0 aliphatic heterocycles. The predicted octanol–water partition coefficient (Wildman–Crippen LogP) is 2.88. The molecule has 0 atom stereocenters. The van der Waals surface area contributed by atoms with Gasteiger partial charge in [-0.2, -0.15) is 0 Å². The monoisotopic (exact) mass is 417 g/mol. The first-order valence-corrected chi connectivity index (χ1v) is 10.3. The van der Waals surface area contributed by atoms with Gasteiger partial charge in [-0.25, -0.2) is 12.8 Å². The fourth-order valence-corrected chi connectivity index (χ4v) is 5.03. The van der Waals surface area contributed by atoms with Crippen molar-refractivity contribution in [2.45, 2.75) is 4.21 Å². The van der Waals surface area contributed by atoms with Crippen LogP contribution < -0.4 is 15.8 Å². The van der Waals surface area contributed by atoms with E-state index >= 15 is 0 Å². The van der Waals surface area contributed by atoms with Crippen LogP contribution in [0.25, 0.3) is 21.2 Å². The molecule has 10 heteroatoms. The molecular weight excluding hydrogens is 405 g/mol. The third-order valence-corrected chi connectivity index (χ3v) is 7.01. The standard InChI is InChI=1S/C18H12FN3O4S2/c19-13-7-10-5-6-20-18(24)12(10)8-14(13)22-28(25,26)17-4-2-15(27-17)11-1-3-16(23)21-9-11/h1-9,22H,(H,20,24)(H,21,23). The number of H-pyrrole nitrogens is 2. The maximum Gasteiger partial charge on any atom is 0.271 e. The highest BCUT2D eigenvalue weighted by Gasteiger charge is 2.20. The molecule has 3 aromatic heterocycles. The molecule has 142 valence electrons. The van der Waals surface area contributed by atoms with Gasteiger partial charge in [0.25, 0.3) is 15.6 Å². The van der Waals surface area contributed by atoms with E-state index < -0.39 is 21.4 Å². The third-order valence-electron chi connectivity index (χ3n) is 4.02. The van der Waals surface area contributed by atoms with Gasteiger partial charge in [0.2, 0.25) is 5.56 Å². The molecule has 0 saturated heterocycles. The Hall–Kier alpha value is -3.24. The van der Waals surface area contributed by atoms with Crippen LogP contribution >= 0.6 is 11.3 Å². The van der Waals surface area contributed by atoms with E-state index in [0.717, 1.165) is 23.5 Å². The first-order valence-electron chi connectivity index (χ1n) is 7.96. The van der Waals surface area contributed by atoms with E-state index in [-0.39, 0.29) is 20.8 Å². The Labute approximate surface area is 161 Å². The van der Waals surface area contributed by atoms with Gasteiger partial charge in [0.15, 0.2) is 0 Å². The van der Waals surface area contributed by atoms with Crippen LogP contribution in [-0.2, 0) is 10.0 Å². The Balaban J connectivity index is 1.70. The van der Waals surface area contributed by atoms with Crippen LogP contribution in [0.1, 0.15) is 0 Å². The van der Waals surface area contributed by atoms with Crippen molar-refractivity contribution in [1.82, 2.24) is 9.97 Å². The fraction of sp³-hybridized carbons (Fsp3) is 0. The first-order chi connectivity index (χ1) is 13.3. The van der Waals surface area contributed by atoms with E-state index in [1.807, 2.05) is 0 Å². The van der Waals surface area contributed by atoms with Crippen molar-refractivity contribution in [1.29, 1.82) is 0 Å². The highest BCUT2D eigenvalue weighted by Crippen LogP contribution is 2.31. The molecule has 0 bridgehead atoms. The zero-order chi connectivity index (χ0) is 19.9. The lowest BCUT2D eigenvalue weighted by Crippen LogP contribution is -2.13. The summed E-state index contributed by atoms with van der Waals surface area (Å²) in [5, 5.41) is 0.530. The van der Waals surface area contributed by atoms with Crippen LogP contribution in [0.3, 0.4) is 0 Å². The van der Waals surface area contributed by atoms with Crippen molar-refractivity contribution in [2.75, 3.05) is 4.72 Å². The zero-order valence-corrected chi connectivity index (χ0v) is 15.7. The van der Waals surface area contributed by atoms with Gasteiger partial charge >= 0.3 is 0 Å². The number of pyridine rings is 2. The minimum atomic E-state index is -4.07. The summed E-state index contributed by atoms with van der Waals surface area (Å²) in [6.07, 6.45) is 2.87. The van der Waals surface area contributed by atoms with E-state index in [4.69, 9.17) is 0 Å². The number of nitrogens with one attached hydrogen (secondary N) is 3. The molecule has 1 aromatic carbocycles. The smallest absolute Gasteiger partial charge is 0.271 e. The molecule has 0 saturated carbocycles. The summed E-state index contributed by atoms with van der Waals surface area (Å²) in [6.45, 7) is 0. The number of sulfonamides is 1. The van der Waals surface area contributed by atoms with Crippen molar-refractivity contribution in [2.24, 2.45) is 0 Å². The molecule has 0 unspecified atom stereocenters. The summed E-state index contributed by atoms with van der Waals surface area (Å²) in [5.74, 6) is -0.793. The Morgan fingerprint density at radius 1 is 1.00 bits per heavy atom. The van der Waals surface area contributed by atoms with Gasteiger partial charge in [-0.1, -0.05) is 0 Å². The Bertz CT molecular complexity index is 1400. The van der Waals surface area contributed by atoms with E-state index in [1.54, 1.807) is 12.1 Å². The third kappa shape index (κ3) is 3.35. The summed E-state index contributed by atoms with van der Waals surface area (Å²) < 4.78 is 41.8. The second-order valence-corrected chi connectivity index (χ2v) is 8.88. The van der Waals surface area contributed by atoms with Crippen molar-refractivity contribution >= 4 is 37.8 Å². The number of fused-ring (bicyclic) bond motifs is 1. The number of hydrogen-bond donors (Lipinski definition) is 3. The van der Waals surface area contributed by atoms with Crippen LogP contribution in [0.15, 0.2) is 68.7 Å². The molecule has 0 amide bonds. The van der Waals surface area contributed by atoms with Gasteiger partial charge in [0, 0.05) is 34.3 Å². The Morgan fingerprint density at radius 2 is 1.82 bits per heavy atom. The minimum Gasteiger partial charge on any atom is -0.329 e. The van der Waals surface area contributed by atoms with Gasteiger partial charge in [-0.05, 0) is 41.8 Å². The molecular formula is C18H12FN3O4S2. The maximum atomic E-state index is 14.3. The number of anilines is 1. The van der Waals surface area contributed by atoms with E-state index in [9.17, 15) is 22.4 Å². The van der Waals surface area contributed by atoms with Crippen molar-refractivity contribution in [3.05, 3.63) is 81.4 Å². The number of thiophene rings is 1. The average Bonchev–Trinajstić information content (AvgIpc) is 3.15. The molecule has 7 nitrogen and oxygen atoms in total. The van der Waals surface area contributed by atoms with Crippen molar-refractivity contribution in [3.63, 3.8) is 0 Å². The van der Waals surface area contributed by atoms with Gasteiger partial charge in [-0.15, -0.1) is 11.3 Å². The Kier molecular flexibility index (Phi) is 4.36. The molecule has 0 radical (unpaired) electrons. The maximum absolute atomic E-state index is 14.3. The van der Waals surface area contributed by atoms with Crippen LogP contribution in [-0.4, -0.2) is 18.4 Å². The number of hydrogen-bond acceptors (Lipinski definition) is 5. The largest absolute Gasteiger partial charge is 0.329 e. The van der Waals surface area contributed by atoms with Crippen molar-refractivity contribution < 1.29 is 12.8 Å². The van der Waals surface area contributed by atoms with Gasteiger partial charge < -0.3 is 9.97 Å². The highest BCUT2D eigenvalue weighted by molar-refractivity contribution is 7.94. The van der Waals surface area contributed by atoms with E-state index in [2.05, 4.69) is 14.7 Å². The first kappa shape index (κ1) is 18.1. The molecule has 4 rings (SSSR count). The second kappa shape index (κ2) is 6.73. The second-order valence-electron chi connectivity index (χ2n) is 5.89. The van der Waals surface area contributed by atoms with E-state index in [1.165, 1.54) is 30.6 Å². The topological polar surface area (TPSA) is 112 Å². The predicted molar refractivity (Wildman–Crippen MR) is 106 cm³/mol. The van der Waals surface area contributed by atoms with Crippen LogP contribution in [0.4, 0.5) is 10.1 Å². The molecule has 3 heterocycles. The number of halogens is 1. The minimum absolute atomic E-state index is 0.0323. The SMILES string of the molecule is O=c1ccc(-c2ccc(S(=O)(=O)Nc3cc4c(=O)[nH]ccc4cc3F)s2)c[nH]1. The number of benzene rings is 1. The molecule has 4 aromatic rings. The summed E-state index contributed by atoms with van der Waals surface area (Å²) in [4.78, 5) is 28.6. The summed E-state index contributed by atoms with van der Waals surface area (Å²) in [7, 11) is -4.07. The van der Waals surface area contributed by atoms with E-state index in [0.29, 0.717) is 15.8 Å². The summed E-state index contributed by atoms with van der Waals surface area (Å²) in [5.41, 5.74) is -0.385. The zero-order valence-electron chi connectivity index (χ0n) is 14.0. The molecule has 3 N–H and O–H groups in total. The summed E-state index contributed by atoms with van der Waals surface area (Å²) >= 11 is 0.968. The number of aromatic amines is 2. The molecule has 0 aliphatic carbocycles. The van der Waals surface area contributed by atoms with Crippen LogP contribution in [0.2, 0.25) is 0 Å². The highest BCUT2D eigenvalue weighted by atomic mass is 32.2. The van der Waals surface area contributed by atoms with Crippen LogP contribution in [0.5, 0.6) is 0 Å². The lowest BCUT2D eigenvalue weighted by Gasteiger charge is -2.08. The molecule has 0 spiro atoms. The Morgan fingerprint density at radius 3 is 2.57 bits per heavy atom. The lowest BCUT2D eigenvalue weighted by atomic mass is 10.1. The van der Waals surface area contributed by atoms with Gasteiger partial charge in [0.05, 0.1) is 5.69 Å². The van der Waals surface area contributed by atoms with Crippen LogP contribution in [0, 0.1) is 5.82 Å².